The summed E-state index contributed by atoms with van der Waals surface area (Å²) < 4.78 is 25.9. The third-order valence-corrected chi connectivity index (χ3v) is 6.32. The minimum atomic E-state index is -3.19. The maximum Gasteiger partial charge on any atom is 0.214 e. The summed E-state index contributed by atoms with van der Waals surface area (Å²) in [5.41, 5.74) is 0.828. The Morgan fingerprint density at radius 2 is 2.30 bits per heavy atom. The van der Waals surface area contributed by atoms with E-state index >= 15 is 0 Å². The molecule has 0 aromatic carbocycles. The van der Waals surface area contributed by atoms with Crippen LogP contribution in [0.3, 0.4) is 0 Å². The van der Waals surface area contributed by atoms with Gasteiger partial charge < -0.3 is 5.32 Å². The molecule has 0 amide bonds. The van der Waals surface area contributed by atoms with Crippen molar-refractivity contribution in [3.8, 4) is 0 Å². The lowest BCUT2D eigenvalue weighted by Gasteiger charge is -2.24. The fourth-order valence-corrected chi connectivity index (χ4v) is 4.25. The first kappa shape index (κ1) is 15.9. The molecule has 5 nitrogen and oxygen atoms in total. The van der Waals surface area contributed by atoms with Gasteiger partial charge in [-0.1, -0.05) is 6.42 Å². The minimum Gasteiger partial charge on any atom is -0.314 e. The molecule has 20 heavy (non-hydrogen) atoms. The zero-order valence-corrected chi connectivity index (χ0v) is 13.8. The summed E-state index contributed by atoms with van der Waals surface area (Å²) in [6, 6.07) is 0.355. The molecule has 1 aliphatic rings. The van der Waals surface area contributed by atoms with E-state index in [1.165, 1.54) is 17.1 Å². The van der Waals surface area contributed by atoms with E-state index in [1.807, 2.05) is 12.3 Å². The highest BCUT2D eigenvalue weighted by Crippen LogP contribution is 2.15. The average molecular weight is 317 g/mol. The van der Waals surface area contributed by atoms with Crippen LogP contribution in [-0.2, 0) is 16.6 Å². The van der Waals surface area contributed by atoms with Crippen molar-refractivity contribution < 1.29 is 8.42 Å². The smallest absolute Gasteiger partial charge is 0.214 e. The Hall–Kier alpha value is -0.500. The summed E-state index contributed by atoms with van der Waals surface area (Å²) in [5.74, 6) is 0.213. The van der Waals surface area contributed by atoms with E-state index < -0.39 is 10.0 Å². The first-order valence-electron chi connectivity index (χ1n) is 7.06. The molecule has 1 unspecified atom stereocenters. The highest BCUT2D eigenvalue weighted by Gasteiger charge is 2.22. The molecular formula is C13H23N3O2S2. The standard InChI is InChI=1S/C13H23N3O2S2/c1-11-15-13(10-19-11)9-16(2)20(17,18)8-6-12-5-3-4-7-14-12/h10,12,14H,3-9H2,1-2H3. The van der Waals surface area contributed by atoms with Crippen molar-refractivity contribution in [2.45, 2.75) is 45.2 Å². The summed E-state index contributed by atoms with van der Waals surface area (Å²) in [7, 11) is -1.55. The van der Waals surface area contributed by atoms with Crippen molar-refractivity contribution in [1.29, 1.82) is 0 Å². The number of thiazole rings is 1. The van der Waals surface area contributed by atoms with E-state index in [4.69, 9.17) is 0 Å². The van der Waals surface area contributed by atoms with Crippen molar-refractivity contribution in [2.24, 2.45) is 0 Å². The van der Waals surface area contributed by atoms with Gasteiger partial charge in [0.1, 0.15) is 0 Å². The van der Waals surface area contributed by atoms with Gasteiger partial charge in [-0.25, -0.2) is 13.4 Å². The summed E-state index contributed by atoms with van der Waals surface area (Å²) in [5, 5.41) is 6.28. The Morgan fingerprint density at radius 3 is 2.90 bits per heavy atom. The molecule has 1 atom stereocenters. The molecule has 0 saturated carbocycles. The Morgan fingerprint density at radius 1 is 1.50 bits per heavy atom. The SMILES string of the molecule is Cc1nc(CN(C)S(=O)(=O)CCC2CCCCN2)cs1. The Balaban J connectivity index is 1.85. The van der Waals surface area contributed by atoms with E-state index in [9.17, 15) is 8.42 Å². The van der Waals surface area contributed by atoms with Crippen LogP contribution < -0.4 is 5.32 Å². The lowest BCUT2D eigenvalue weighted by molar-refractivity contribution is 0.388. The largest absolute Gasteiger partial charge is 0.314 e. The van der Waals surface area contributed by atoms with Crippen LogP contribution in [0.4, 0.5) is 0 Å². The zero-order valence-electron chi connectivity index (χ0n) is 12.1. The highest BCUT2D eigenvalue weighted by molar-refractivity contribution is 7.89. The number of aromatic nitrogens is 1. The lowest BCUT2D eigenvalue weighted by Crippen LogP contribution is -2.37. The van der Waals surface area contributed by atoms with Gasteiger partial charge in [0.15, 0.2) is 0 Å². The molecule has 1 saturated heterocycles. The number of sulfonamides is 1. The molecule has 0 spiro atoms. The highest BCUT2D eigenvalue weighted by atomic mass is 32.2. The summed E-state index contributed by atoms with van der Waals surface area (Å²) in [6.45, 7) is 3.31. The van der Waals surface area contributed by atoms with Crippen LogP contribution >= 0.6 is 11.3 Å². The third-order valence-electron chi connectivity index (χ3n) is 3.66. The molecule has 1 aromatic heterocycles. The molecule has 7 heteroatoms. The van der Waals surface area contributed by atoms with Crippen LogP contribution in [0.5, 0.6) is 0 Å². The number of hydrogen-bond acceptors (Lipinski definition) is 5. The molecule has 2 heterocycles. The molecule has 0 aliphatic carbocycles. The fraction of sp³-hybridized carbons (Fsp3) is 0.769. The second-order valence-electron chi connectivity index (χ2n) is 5.37. The van der Waals surface area contributed by atoms with E-state index in [1.54, 1.807) is 18.4 Å². The van der Waals surface area contributed by atoms with Gasteiger partial charge in [-0.05, 0) is 32.7 Å². The third kappa shape index (κ3) is 4.51. The van der Waals surface area contributed by atoms with E-state index in [0.717, 1.165) is 23.7 Å². The molecule has 2 rings (SSSR count). The number of rotatable bonds is 6. The average Bonchev–Trinajstić information content (AvgIpc) is 2.83. The maximum atomic E-state index is 12.3. The topological polar surface area (TPSA) is 62.3 Å². The van der Waals surface area contributed by atoms with Crippen LogP contribution in [0, 0.1) is 6.92 Å². The first-order valence-corrected chi connectivity index (χ1v) is 9.54. The number of aryl methyl sites for hydroxylation is 1. The molecule has 0 bridgehead atoms. The van der Waals surface area contributed by atoms with Gasteiger partial charge in [-0.3, -0.25) is 0 Å². The maximum absolute atomic E-state index is 12.3. The predicted molar refractivity (Wildman–Crippen MR) is 82.4 cm³/mol. The van der Waals surface area contributed by atoms with Crippen LogP contribution in [-0.4, -0.2) is 43.1 Å². The Labute approximate surface area is 125 Å². The van der Waals surface area contributed by atoms with Crippen molar-refractivity contribution in [3.05, 3.63) is 16.1 Å². The van der Waals surface area contributed by atoms with Crippen molar-refractivity contribution in [2.75, 3.05) is 19.3 Å². The van der Waals surface area contributed by atoms with E-state index in [2.05, 4.69) is 10.3 Å². The summed E-state index contributed by atoms with van der Waals surface area (Å²) >= 11 is 1.55. The second-order valence-corrected chi connectivity index (χ2v) is 8.62. The molecule has 1 fully saturated rings. The Kier molecular flexibility index (Phi) is 5.54. The zero-order chi connectivity index (χ0) is 14.6. The van der Waals surface area contributed by atoms with E-state index in [-0.39, 0.29) is 5.75 Å². The second kappa shape index (κ2) is 6.98. The molecule has 114 valence electrons. The molecule has 1 aromatic rings. The number of nitrogens with zero attached hydrogens (tertiary/aromatic N) is 2. The number of nitrogens with one attached hydrogen (secondary N) is 1. The van der Waals surface area contributed by atoms with Gasteiger partial charge in [-0.2, -0.15) is 4.31 Å². The van der Waals surface area contributed by atoms with Crippen molar-refractivity contribution in [1.82, 2.24) is 14.6 Å². The minimum absolute atomic E-state index is 0.213. The number of hydrogen-bond donors (Lipinski definition) is 1. The quantitative estimate of drug-likeness (QED) is 0.868. The van der Waals surface area contributed by atoms with Crippen LogP contribution in [0.1, 0.15) is 36.4 Å². The Bertz CT molecular complexity index is 521. The van der Waals surface area contributed by atoms with Gasteiger partial charge in [0, 0.05) is 18.5 Å². The normalized spacial score (nSPS) is 20.4. The molecular weight excluding hydrogens is 294 g/mol. The predicted octanol–water partition coefficient (Wildman–Crippen LogP) is 1.75. The monoisotopic (exact) mass is 317 g/mol. The van der Waals surface area contributed by atoms with Gasteiger partial charge in [-0.15, -0.1) is 11.3 Å². The van der Waals surface area contributed by atoms with Gasteiger partial charge in [0.05, 0.1) is 23.0 Å². The van der Waals surface area contributed by atoms with Crippen molar-refractivity contribution >= 4 is 21.4 Å². The van der Waals surface area contributed by atoms with Crippen LogP contribution in [0.2, 0.25) is 0 Å². The summed E-state index contributed by atoms with van der Waals surface area (Å²) in [6.07, 6.45) is 4.19. The molecule has 0 radical (unpaired) electrons. The van der Waals surface area contributed by atoms with Gasteiger partial charge >= 0.3 is 0 Å². The van der Waals surface area contributed by atoms with Crippen LogP contribution in [0.15, 0.2) is 5.38 Å². The van der Waals surface area contributed by atoms with Gasteiger partial charge in [0.25, 0.3) is 0 Å². The fourth-order valence-electron chi connectivity index (χ4n) is 2.42. The molecule has 1 aliphatic heterocycles. The van der Waals surface area contributed by atoms with Crippen molar-refractivity contribution in [3.63, 3.8) is 0 Å². The summed E-state index contributed by atoms with van der Waals surface area (Å²) in [4.78, 5) is 4.31. The lowest BCUT2D eigenvalue weighted by atomic mass is 10.0. The van der Waals surface area contributed by atoms with E-state index in [0.29, 0.717) is 19.0 Å². The number of piperidine rings is 1. The van der Waals surface area contributed by atoms with Gasteiger partial charge in [0.2, 0.25) is 10.0 Å². The first-order chi connectivity index (χ1) is 9.47. The molecule has 1 N–H and O–H groups in total. The van der Waals surface area contributed by atoms with Crippen LogP contribution in [0.25, 0.3) is 0 Å².